The summed E-state index contributed by atoms with van der Waals surface area (Å²) < 4.78 is 10.1. The lowest BCUT2D eigenvalue weighted by Gasteiger charge is -2.07. The van der Waals surface area contributed by atoms with Gasteiger partial charge in [-0.05, 0) is 23.6 Å². The summed E-state index contributed by atoms with van der Waals surface area (Å²) in [5.74, 6) is -0.630. The van der Waals surface area contributed by atoms with Gasteiger partial charge in [-0.3, -0.25) is 0 Å². The Kier molecular flexibility index (Phi) is 3.16. The number of aromatic carboxylic acids is 1. The Bertz CT molecular complexity index is 527. The standard InChI is InChI=1S/C11H10O5S/c1-15-7-4-5-17-10(7)9(12)6-2-3-8(16-6)11(13)14/h2-5,9,12H,1H3,(H,13,14). The summed E-state index contributed by atoms with van der Waals surface area (Å²) in [6.45, 7) is 0. The molecule has 6 heteroatoms. The minimum Gasteiger partial charge on any atom is -0.495 e. The summed E-state index contributed by atoms with van der Waals surface area (Å²) in [5.41, 5.74) is 0. The molecule has 1 atom stereocenters. The first-order valence-corrected chi connectivity index (χ1v) is 5.64. The third-order valence-corrected chi connectivity index (χ3v) is 3.18. The van der Waals surface area contributed by atoms with E-state index < -0.39 is 12.1 Å². The minimum absolute atomic E-state index is 0.183. The SMILES string of the molecule is COc1ccsc1C(O)c1ccc(C(=O)O)o1. The third-order valence-electron chi connectivity index (χ3n) is 2.23. The van der Waals surface area contributed by atoms with Crippen molar-refractivity contribution in [2.75, 3.05) is 7.11 Å². The number of aliphatic hydroxyl groups excluding tert-OH is 1. The Morgan fingerprint density at radius 2 is 2.24 bits per heavy atom. The molecule has 90 valence electrons. The van der Waals surface area contributed by atoms with Crippen molar-refractivity contribution in [1.29, 1.82) is 0 Å². The summed E-state index contributed by atoms with van der Waals surface area (Å²) in [5, 5.41) is 20.5. The van der Waals surface area contributed by atoms with E-state index in [9.17, 15) is 9.90 Å². The quantitative estimate of drug-likeness (QED) is 0.873. The number of carboxylic acids is 1. The lowest BCUT2D eigenvalue weighted by molar-refractivity contribution is 0.0655. The van der Waals surface area contributed by atoms with Crippen molar-refractivity contribution in [1.82, 2.24) is 0 Å². The van der Waals surface area contributed by atoms with Crippen LogP contribution in [0.3, 0.4) is 0 Å². The van der Waals surface area contributed by atoms with Gasteiger partial charge in [-0.15, -0.1) is 11.3 Å². The number of aliphatic hydroxyl groups is 1. The molecule has 2 heterocycles. The van der Waals surface area contributed by atoms with Gasteiger partial charge < -0.3 is 19.4 Å². The van der Waals surface area contributed by atoms with E-state index in [1.807, 2.05) is 0 Å². The molecular formula is C11H10O5S. The molecule has 1 unspecified atom stereocenters. The highest BCUT2D eigenvalue weighted by molar-refractivity contribution is 7.10. The maximum absolute atomic E-state index is 10.6. The van der Waals surface area contributed by atoms with E-state index in [2.05, 4.69) is 0 Å². The first-order chi connectivity index (χ1) is 8.13. The number of carboxylic acid groups (broad SMARTS) is 1. The van der Waals surface area contributed by atoms with Crippen molar-refractivity contribution in [2.45, 2.75) is 6.10 Å². The highest BCUT2D eigenvalue weighted by atomic mass is 32.1. The molecule has 2 rings (SSSR count). The average molecular weight is 254 g/mol. The van der Waals surface area contributed by atoms with E-state index in [0.29, 0.717) is 10.6 Å². The van der Waals surface area contributed by atoms with Crippen LogP contribution in [0.4, 0.5) is 0 Å². The maximum atomic E-state index is 10.6. The van der Waals surface area contributed by atoms with E-state index in [-0.39, 0.29) is 11.5 Å². The van der Waals surface area contributed by atoms with Crippen molar-refractivity contribution < 1.29 is 24.2 Å². The molecule has 0 radical (unpaired) electrons. The van der Waals surface area contributed by atoms with E-state index >= 15 is 0 Å². The van der Waals surface area contributed by atoms with Gasteiger partial charge in [0, 0.05) is 0 Å². The number of thiophene rings is 1. The number of methoxy groups -OCH3 is 1. The molecule has 0 aromatic carbocycles. The van der Waals surface area contributed by atoms with E-state index in [1.165, 1.54) is 30.6 Å². The topological polar surface area (TPSA) is 79.9 Å². The monoisotopic (exact) mass is 254 g/mol. The fourth-order valence-corrected chi connectivity index (χ4v) is 2.27. The molecule has 0 spiro atoms. The van der Waals surface area contributed by atoms with Crippen molar-refractivity contribution in [3.63, 3.8) is 0 Å². The highest BCUT2D eigenvalue weighted by Gasteiger charge is 2.21. The number of hydrogen-bond donors (Lipinski definition) is 2. The van der Waals surface area contributed by atoms with Crippen LogP contribution in [0.25, 0.3) is 0 Å². The smallest absolute Gasteiger partial charge is 0.371 e. The van der Waals surface area contributed by atoms with Crippen molar-refractivity contribution in [3.8, 4) is 5.75 Å². The molecular weight excluding hydrogens is 244 g/mol. The van der Waals surface area contributed by atoms with E-state index in [4.69, 9.17) is 14.3 Å². The van der Waals surface area contributed by atoms with Crippen LogP contribution in [0.5, 0.6) is 5.75 Å². The first-order valence-electron chi connectivity index (χ1n) is 4.76. The third kappa shape index (κ3) is 2.17. The van der Waals surface area contributed by atoms with Crippen LogP contribution in [0, 0.1) is 0 Å². The van der Waals surface area contributed by atoms with Crippen LogP contribution < -0.4 is 4.74 Å². The van der Waals surface area contributed by atoms with Gasteiger partial charge in [0.25, 0.3) is 0 Å². The number of ether oxygens (including phenoxy) is 1. The van der Waals surface area contributed by atoms with Gasteiger partial charge in [-0.2, -0.15) is 0 Å². The molecule has 0 saturated carbocycles. The molecule has 17 heavy (non-hydrogen) atoms. The van der Waals surface area contributed by atoms with E-state index in [0.717, 1.165) is 0 Å². The van der Waals surface area contributed by atoms with Gasteiger partial charge in [0.15, 0.2) is 0 Å². The second-order valence-electron chi connectivity index (χ2n) is 3.26. The zero-order valence-corrected chi connectivity index (χ0v) is 9.73. The summed E-state index contributed by atoms with van der Waals surface area (Å²) in [4.78, 5) is 11.2. The first kappa shape index (κ1) is 11.7. The van der Waals surface area contributed by atoms with Gasteiger partial charge >= 0.3 is 5.97 Å². The van der Waals surface area contributed by atoms with Crippen LogP contribution >= 0.6 is 11.3 Å². The molecule has 5 nitrogen and oxygen atoms in total. The van der Waals surface area contributed by atoms with Gasteiger partial charge in [0.1, 0.15) is 17.6 Å². The lowest BCUT2D eigenvalue weighted by Crippen LogP contribution is -1.98. The second-order valence-corrected chi connectivity index (χ2v) is 4.21. The molecule has 0 amide bonds. The average Bonchev–Trinajstić information content (AvgIpc) is 2.96. The number of furan rings is 1. The second kappa shape index (κ2) is 4.60. The molecule has 0 saturated heterocycles. The van der Waals surface area contributed by atoms with Gasteiger partial charge in [-0.25, -0.2) is 4.79 Å². The van der Waals surface area contributed by atoms with Gasteiger partial charge in [-0.1, -0.05) is 0 Å². The minimum atomic E-state index is -1.17. The number of hydrogen-bond acceptors (Lipinski definition) is 5. The fraction of sp³-hybridized carbons (Fsp3) is 0.182. The highest BCUT2D eigenvalue weighted by Crippen LogP contribution is 2.35. The Balaban J connectivity index is 2.30. The number of rotatable bonds is 4. The number of carbonyl (C=O) groups is 1. The molecule has 0 bridgehead atoms. The fourth-order valence-electron chi connectivity index (χ4n) is 1.42. The van der Waals surface area contributed by atoms with Crippen LogP contribution in [0.2, 0.25) is 0 Å². The van der Waals surface area contributed by atoms with Gasteiger partial charge in [0.2, 0.25) is 5.76 Å². The molecule has 2 N–H and O–H groups in total. The normalized spacial score (nSPS) is 12.4. The summed E-state index contributed by atoms with van der Waals surface area (Å²) in [6, 6.07) is 4.47. The predicted octanol–water partition coefficient (Wildman–Crippen LogP) is 2.13. The Morgan fingerprint density at radius 3 is 2.82 bits per heavy atom. The zero-order chi connectivity index (χ0) is 12.4. The Labute approximate surface area is 101 Å². The summed E-state index contributed by atoms with van der Waals surface area (Å²) >= 11 is 1.31. The molecule has 0 aliphatic carbocycles. The van der Waals surface area contributed by atoms with Crippen LogP contribution in [-0.4, -0.2) is 23.3 Å². The van der Waals surface area contributed by atoms with Crippen LogP contribution in [0.15, 0.2) is 28.0 Å². The van der Waals surface area contributed by atoms with E-state index in [1.54, 1.807) is 11.4 Å². The van der Waals surface area contributed by atoms with Crippen molar-refractivity contribution in [2.24, 2.45) is 0 Å². The molecule has 2 aromatic heterocycles. The predicted molar refractivity (Wildman–Crippen MR) is 60.6 cm³/mol. The van der Waals surface area contributed by atoms with Crippen LogP contribution in [0.1, 0.15) is 27.3 Å². The molecule has 2 aromatic rings. The lowest BCUT2D eigenvalue weighted by atomic mass is 10.2. The van der Waals surface area contributed by atoms with Crippen molar-refractivity contribution in [3.05, 3.63) is 40.0 Å². The molecule has 0 aliphatic heterocycles. The molecule has 0 fully saturated rings. The maximum Gasteiger partial charge on any atom is 0.371 e. The Morgan fingerprint density at radius 1 is 1.47 bits per heavy atom. The molecule has 0 aliphatic rings. The zero-order valence-electron chi connectivity index (χ0n) is 8.91. The van der Waals surface area contributed by atoms with Gasteiger partial charge in [0.05, 0.1) is 12.0 Å². The van der Waals surface area contributed by atoms with Crippen LogP contribution in [-0.2, 0) is 0 Å². The largest absolute Gasteiger partial charge is 0.495 e. The summed E-state index contributed by atoms with van der Waals surface area (Å²) in [6.07, 6.45) is -1.02. The van der Waals surface area contributed by atoms with Crippen molar-refractivity contribution >= 4 is 17.3 Å². The summed E-state index contributed by atoms with van der Waals surface area (Å²) in [7, 11) is 1.50. The Hall–Kier alpha value is -1.79.